The number of carbonyl (C=O) groups is 3. The number of imide groups is 1. The largest absolute Gasteiger partial charge is 0.321 e. The molecule has 3 rings (SSSR count). The van der Waals surface area contributed by atoms with Gasteiger partial charge in [0.2, 0.25) is 5.91 Å². The molecule has 6 heteroatoms. The molecule has 0 aromatic heterocycles. The van der Waals surface area contributed by atoms with Crippen LogP contribution in [0.5, 0.6) is 0 Å². The van der Waals surface area contributed by atoms with Crippen LogP contribution < -0.4 is 4.90 Å². The average Bonchev–Trinajstić information content (AvgIpc) is 2.89. The average molecular weight is 443 g/mol. The summed E-state index contributed by atoms with van der Waals surface area (Å²) < 4.78 is 0.859. The third-order valence-corrected chi connectivity index (χ3v) is 5.29. The molecular formula is C22H23BrN2O3. The maximum absolute atomic E-state index is 13.3. The van der Waals surface area contributed by atoms with Gasteiger partial charge in [0, 0.05) is 15.6 Å². The first-order valence-electron chi connectivity index (χ1n) is 9.12. The molecule has 1 aliphatic heterocycles. The molecule has 5 nitrogen and oxygen atoms in total. The van der Waals surface area contributed by atoms with Crippen molar-refractivity contribution < 1.29 is 14.4 Å². The highest BCUT2D eigenvalue weighted by molar-refractivity contribution is 9.10. The molecule has 2 aromatic carbocycles. The fourth-order valence-electron chi connectivity index (χ4n) is 3.43. The lowest BCUT2D eigenvalue weighted by molar-refractivity contribution is -0.123. The van der Waals surface area contributed by atoms with E-state index in [4.69, 9.17) is 0 Å². The van der Waals surface area contributed by atoms with Gasteiger partial charge in [0.25, 0.3) is 11.8 Å². The van der Waals surface area contributed by atoms with Gasteiger partial charge in [-0.2, -0.15) is 0 Å². The molecule has 2 aromatic rings. The molecule has 1 saturated heterocycles. The predicted molar refractivity (Wildman–Crippen MR) is 112 cm³/mol. The van der Waals surface area contributed by atoms with Crippen LogP contribution >= 0.6 is 15.9 Å². The molecule has 146 valence electrons. The van der Waals surface area contributed by atoms with Gasteiger partial charge in [-0.05, 0) is 64.1 Å². The zero-order valence-corrected chi connectivity index (χ0v) is 18.0. The van der Waals surface area contributed by atoms with E-state index in [1.165, 1.54) is 9.80 Å². The Balaban J connectivity index is 1.96. The Morgan fingerprint density at radius 2 is 1.61 bits per heavy atom. The molecule has 1 unspecified atom stereocenters. The minimum Gasteiger partial charge on any atom is -0.321 e. The Morgan fingerprint density at radius 1 is 1.04 bits per heavy atom. The van der Waals surface area contributed by atoms with Crippen molar-refractivity contribution in [2.24, 2.45) is 0 Å². The van der Waals surface area contributed by atoms with Crippen molar-refractivity contribution >= 4 is 39.3 Å². The molecule has 1 fully saturated rings. The fourth-order valence-corrected chi connectivity index (χ4v) is 3.69. The molecule has 0 N–H and O–H groups in total. The number of carbonyl (C=O) groups excluding carboxylic acids is 3. The summed E-state index contributed by atoms with van der Waals surface area (Å²) >= 11 is 3.35. The molecule has 3 amide bonds. The summed E-state index contributed by atoms with van der Waals surface area (Å²) in [6.07, 6.45) is -0.0240. The van der Waals surface area contributed by atoms with E-state index >= 15 is 0 Å². The van der Waals surface area contributed by atoms with Crippen molar-refractivity contribution in [1.29, 1.82) is 0 Å². The van der Waals surface area contributed by atoms with Crippen LogP contribution in [0.15, 0.2) is 53.0 Å². The van der Waals surface area contributed by atoms with Crippen LogP contribution in [0.4, 0.5) is 5.69 Å². The van der Waals surface area contributed by atoms with E-state index < -0.39 is 11.6 Å². The zero-order chi connectivity index (χ0) is 20.6. The number of benzene rings is 2. The maximum atomic E-state index is 13.3. The molecule has 28 heavy (non-hydrogen) atoms. The Kier molecular flexibility index (Phi) is 5.44. The van der Waals surface area contributed by atoms with Crippen LogP contribution in [0.3, 0.4) is 0 Å². The fraction of sp³-hybridized carbons (Fsp3) is 0.318. The van der Waals surface area contributed by atoms with Crippen molar-refractivity contribution in [2.45, 2.75) is 45.7 Å². The number of anilines is 1. The maximum Gasteiger partial charge on any atom is 0.257 e. The normalized spacial score (nSPS) is 17.2. The van der Waals surface area contributed by atoms with Crippen LogP contribution in [0.25, 0.3) is 0 Å². The topological polar surface area (TPSA) is 57.7 Å². The summed E-state index contributed by atoms with van der Waals surface area (Å²) in [5, 5.41) is 0. The number of hydrogen-bond donors (Lipinski definition) is 0. The lowest BCUT2D eigenvalue weighted by Crippen LogP contribution is -2.54. The van der Waals surface area contributed by atoms with Crippen molar-refractivity contribution in [2.75, 3.05) is 4.90 Å². The van der Waals surface area contributed by atoms with Gasteiger partial charge in [-0.25, -0.2) is 4.90 Å². The van der Waals surface area contributed by atoms with Crippen LogP contribution in [0.1, 0.15) is 43.1 Å². The molecule has 1 atom stereocenters. The number of halogens is 1. The van der Waals surface area contributed by atoms with E-state index in [9.17, 15) is 14.4 Å². The Hall–Kier alpha value is -2.47. The van der Waals surface area contributed by atoms with Crippen molar-refractivity contribution in [3.05, 3.63) is 64.1 Å². The second-order valence-corrected chi connectivity index (χ2v) is 8.89. The summed E-state index contributed by atoms with van der Waals surface area (Å²) in [5.41, 5.74) is 1.44. The summed E-state index contributed by atoms with van der Waals surface area (Å²) in [6.45, 7) is 7.57. The Labute approximate surface area is 173 Å². The highest BCUT2D eigenvalue weighted by Gasteiger charge is 2.47. The van der Waals surface area contributed by atoms with Crippen molar-refractivity contribution in [3.63, 3.8) is 0 Å². The number of nitrogens with zero attached hydrogens (tertiary/aromatic N) is 2. The quantitative estimate of drug-likeness (QED) is 0.664. The molecule has 0 saturated carbocycles. The molecule has 0 spiro atoms. The zero-order valence-electron chi connectivity index (χ0n) is 16.4. The molecule has 1 heterocycles. The lowest BCUT2D eigenvalue weighted by Gasteiger charge is -2.39. The van der Waals surface area contributed by atoms with Gasteiger partial charge in [-0.3, -0.25) is 14.4 Å². The summed E-state index contributed by atoms with van der Waals surface area (Å²) in [6, 6.07) is 13.4. The minimum atomic E-state index is -0.829. The standard InChI is InChI=1S/C22H23BrN2O3/c1-14-5-7-15(8-6-14)20(27)25(22(2,3)4)18-13-19(26)24(21(18)28)17-11-9-16(23)10-12-17/h5-12,18H,13H2,1-4H3. The summed E-state index contributed by atoms with van der Waals surface area (Å²) in [5.74, 6) is -0.928. The number of rotatable bonds is 3. The van der Waals surface area contributed by atoms with Crippen molar-refractivity contribution in [3.8, 4) is 0 Å². The van der Waals surface area contributed by atoms with Crippen LogP contribution in [-0.2, 0) is 9.59 Å². The minimum absolute atomic E-state index is 0.0240. The summed E-state index contributed by atoms with van der Waals surface area (Å²) in [7, 11) is 0. The molecule has 0 aliphatic carbocycles. The van der Waals surface area contributed by atoms with Gasteiger partial charge in [0.1, 0.15) is 6.04 Å². The van der Waals surface area contributed by atoms with E-state index in [-0.39, 0.29) is 24.1 Å². The Bertz CT molecular complexity index is 914. The van der Waals surface area contributed by atoms with Gasteiger partial charge < -0.3 is 4.90 Å². The molecule has 0 radical (unpaired) electrons. The van der Waals surface area contributed by atoms with Crippen molar-refractivity contribution in [1.82, 2.24) is 4.90 Å². The predicted octanol–water partition coefficient (Wildman–Crippen LogP) is 4.33. The molecular weight excluding hydrogens is 420 g/mol. The van der Waals surface area contributed by atoms with Crippen LogP contribution in [-0.4, -0.2) is 34.2 Å². The number of hydrogen-bond acceptors (Lipinski definition) is 3. The highest BCUT2D eigenvalue weighted by atomic mass is 79.9. The van der Waals surface area contributed by atoms with Gasteiger partial charge >= 0.3 is 0 Å². The first-order chi connectivity index (χ1) is 13.1. The third-order valence-electron chi connectivity index (χ3n) is 4.76. The van der Waals surface area contributed by atoms with E-state index in [1.807, 2.05) is 39.8 Å². The van der Waals surface area contributed by atoms with Crippen LogP contribution in [0.2, 0.25) is 0 Å². The highest BCUT2D eigenvalue weighted by Crippen LogP contribution is 2.31. The lowest BCUT2D eigenvalue weighted by atomic mass is 9.99. The van der Waals surface area contributed by atoms with Gasteiger partial charge in [-0.15, -0.1) is 0 Å². The number of amides is 3. The molecule has 1 aliphatic rings. The van der Waals surface area contributed by atoms with Gasteiger partial charge in [0.05, 0.1) is 12.1 Å². The smallest absolute Gasteiger partial charge is 0.257 e. The van der Waals surface area contributed by atoms with Gasteiger partial charge in [-0.1, -0.05) is 33.6 Å². The third kappa shape index (κ3) is 3.87. The molecule has 0 bridgehead atoms. The van der Waals surface area contributed by atoms with E-state index in [0.29, 0.717) is 11.3 Å². The van der Waals surface area contributed by atoms with Gasteiger partial charge in [0.15, 0.2) is 0 Å². The Morgan fingerprint density at radius 3 is 2.14 bits per heavy atom. The number of aryl methyl sites for hydroxylation is 1. The van der Waals surface area contributed by atoms with E-state index in [0.717, 1.165) is 10.0 Å². The van der Waals surface area contributed by atoms with Crippen LogP contribution in [0, 0.1) is 6.92 Å². The SMILES string of the molecule is Cc1ccc(C(=O)N(C2CC(=O)N(c3ccc(Br)cc3)C2=O)C(C)(C)C)cc1. The monoisotopic (exact) mass is 442 g/mol. The second-order valence-electron chi connectivity index (χ2n) is 7.98. The second kappa shape index (κ2) is 7.51. The van der Waals surface area contributed by atoms with E-state index in [1.54, 1.807) is 36.4 Å². The summed E-state index contributed by atoms with van der Waals surface area (Å²) in [4.78, 5) is 41.8. The van der Waals surface area contributed by atoms with E-state index in [2.05, 4.69) is 15.9 Å². The first kappa shape index (κ1) is 20.3. The first-order valence-corrected chi connectivity index (χ1v) is 9.91.